The maximum Gasteiger partial charge on any atom is 0.140 e. The smallest absolute Gasteiger partial charge is 0.140 e. The summed E-state index contributed by atoms with van der Waals surface area (Å²) in [4.78, 5) is 5.84. The molecule has 0 radical (unpaired) electrons. The molecule has 17 heavy (non-hydrogen) atoms. The molecule has 3 rings (SSSR count). The van der Waals surface area contributed by atoms with E-state index in [0.717, 1.165) is 34.0 Å². The third-order valence-electron chi connectivity index (χ3n) is 2.54. The Morgan fingerprint density at radius 2 is 2.41 bits per heavy atom. The Balaban J connectivity index is 1.67. The molecule has 5 heteroatoms. The van der Waals surface area contributed by atoms with Gasteiger partial charge in [0.2, 0.25) is 0 Å². The first-order valence-electron chi connectivity index (χ1n) is 5.42. The van der Waals surface area contributed by atoms with Crippen LogP contribution in [0.15, 0.2) is 28.7 Å². The number of aromatic nitrogens is 1. The van der Waals surface area contributed by atoms with Gasteiger partial charge in [0.15, 0.2) is 0 Å². The van der Waals surface area contributed by atoms with Crippen LogP contribution in [0.1, 0.15) is 9.88 Å². The maximum absolute atomic E-state index is 5.70. The van der Waals surface area contributed by atoms with Gasteiger partial charge in [0.1, 0.15) is 23.2 Å². The second kappa shape index (κ2) is 4.66. The molecule has 0 amide bonds. The van der Waals surface area contributed by atoms with E-state index in [4.69, 9.17) is 4.74 Å². The molecular weight excluding hydrogens is 300 g/mol. The fraction of sp³-hybridized carbons (Fsp3) is 0.250. The number of nitrogens with one attached hydrogen (secondary N) is 1. The number of hydrogen-bond donors (Lipinski definition) is 1. The SMILES string of the molecule is Brc1cccc(OCc2nc3c(s2)CCN3)c1. The molecule has 0 saturated carbocycles. The summed E-state index contributed by atoms with van der Waals surface area (Å²) in [5, 5.41) is 4.29. The zero-order valence-electron chi connectivity index (χ0n) is 9.07. The lowest BCUT2D eigenvalue weighted by molar-refractivity contribution is 0.305. The molecule has 2 aromatic rings. The van der Waals surface area contributed by atoms with Gasteiger partial charge in [-0.25, -0.2) is 4.98 Å². The number of fused-ring (bicyclic) bond motifs is 1. The van der Waals surface area contributed by atoms with E-state index in [1.54, 1.807) is 11.3 Å². The minimum Gasteiger partial charge on any atom is -0.486 e. The van der Waals surface area contributed by atoms with Gasteiger partial charge in [-0.05, 0) is 18.2 Å². The highest BCUT2D eigenvalue weighted by Crippen LogP contribution is 2.28. The standard InChI is InChI=1S/C12H11BrN2OS/c13-8-2-1-3-9(6-8)16-7-11-15-12-10(17-11)4-5-14-12/h1-3,6,14H,4-5,7H2. The zero-order chi connectivity index (χ0) is 11.7. The molecule has 0 fully saturated rings. The van der Waals surface area contributed by atoms with Crippen molar-refractivity contribution in [3.05, 3.63) is 38.6 Å². The van der Waals surface area contributed by atoms with E-state index in [9.17, 15) is 0 Å². The van der Waals surface area contributed by atoms with E-state index in [2.05, 4.69) is 26.2 Å². The van der Waals surface area contributed by atoms with Crippen LogP contribution in [0.4, 0.5) is 5.82 Å². The Labute approximate surface area is 112 Å². The summed E-state index contributed by atoms with van der Waals surface area (Å²) in [7, 11) is 0. The van der Waals surface area contributed by atoms with Gasteiger partial charge >= 0.3 is 0 Å². The number of nitrogens with zero attached hydrogens (tertiary/aromatic N) is 1. The molecule has 0 aliphatic carbocycles. The van der Waals surface area contributed by atoms with Crippen LogP contribution in [-0.2, 0) is 13.0 Å². The average Bonchev–Trinajstić information content (AvgIpc) is 2.86. The Kier molecular flexibility index (Phi) is 3.03. The van der Waals surface area contributed by atoms with Crippen LogP contribution in [0.3, 0.4) is 0 Å². The lowest BCUT2D eigenvalue weighted by atomic mass is 10.3. The van der Waals surface area contributed by atoms with E-state index in [1.807, 2.05) is 24.3 Å². The Morgan fingerprint density at radius 3 is 3.24 bits per heavy atom. The van der Waals surface area contributed by atoms with E-state index in [0.29, 0.717) is 6.61 Å². The van der Waals surface area contributed by atoms with Gasteiger partial charge in [-0.15, -0.1) is 11.3 Å². The number of anilines is 1. The molecule has 1 aliphatic heterocycles. The van der Waals surface area contributed by atoms with Crippen molar-refractivity contribution in [2.45, 2.75) is 13.0 Å². The van der Waals surface area contributed by atoms with Crippen LogP contribution in [0.5, 0.6) is 5.75 Å². The molecular formula is C12H11BrN2OS. The monoisotopic (exact) mass is 310 g/mol. The molecule has 3 nitrogen and oxygen atoms in total. The summed E-state index contributed by atoms with van der Waals surface area (Å²) in [6.07, 6.45) is 1.09. The van der Waals surface area contributed by atoms with Gasteiger partial charge in [0.25, 0.3) is 0 Å². The summed E-state index contributed by atoms with van der Waals surface area (Å²) >= 11 is 5.16. The summed E-state index contributed by atoms with van der Waals surface area (Å²) in [6, 6.07) is 7.85. The van der Waals surface area contributed by atoms with Gasteiger partial charge in [0.05, 0.1) is 4.88 Å². The highest BCUT2D eigenvalue weighted by atomic mass is 79.9. The fourth-order valence-electron chi connectivity index (χ4n) is 1.77. The van der Waals surface area contributed by atoms with E-state index in [1.165, 1.54) is 4.88 Å². The molecule has 1 N–H and O–H groups in total. The second-order valence-corrected chi connectivity index (χ2v) is 5.89. The van der Waals surface area contributed by atoms with Crippen LogP contribution < -0.4 is 10.1 Å². The lowest BCUT2D eigenvalue weighted by Gasteiger charge is -2.04. The van der Waals surface area contributed by atoms with Crippen LogP contribution >= 0.6 is 27.3 Å². The van der Waals surface area contributed by atoms with Crippen molar-refractivity contribution in [2.75, 3.05) is 11.9 Å². The molecule has 0 bridgehead atoms. The number of rotatable bonds is 3. The van der Waals surface area contributed by atoms with E-state index in [-0.39, 0.29) is 0 Å². The lowest BCUT2D eigenvalue weighted by Crippen LogP contribution is -1.97. The Bertz CT molecular complexity index is 520. The molecule has 0 spiro atoms. The molecule has 0 saturated heterocycles. The average molecular weight is 311 g/mol. The highest BCUT2D eigenvalue weighted by molar-refractivity contribution is 9.10. The molecule has 1 aliphatic rings. The van der Waals surface area contributed by atoms with Crippen molar-refractivity contribution in [2.24, 2.45) is 0 Å². The first kappa shape index (κ1) is 11.0. The van der Waals surface area contributed by atoms with Crippen molar-refractivity contribution < 1.29 is 4.74 Å². The second-order valence-electron chi connectivity index (χ2n) is 3.80. The Hall–Kier alpha value is -1.07. The fourth-order valence-corrected chi connectivity index (χ4v) is 3.10. The van der Waals surface area contributed by atoms with Gasteiger partial charge in [-0.3, -0.25) is 0 Å². The molecule has 1 aromatic heterocycles. The first-order valence-corrected chi connectivity index (χ1v) is 7.03. The van der Waals surface area contributed by atoms with E-state index >= 15 is 0 Å². The third kappa shape index (κ3) is 2.45. The number of halogens is 1. The number of thiazole rings is 1. The third-order valence-corrected chi connectivity index (χ3v) is 4.13. The van der Waals surface area contributed by atoms with Crippen LogP contribution in [0, 0.1) is 0 Å². The predicted molar refractivity (Wildman–Crippen MR) is 72.8 cm³/mol. The molecule has 2 heterocycles. The largest absolute Gasteiger partial charge is 0.486 e. The summed E-state index contributed by atoms with van der Waals surface area (Å²) < 4.78 is 6.73. The molecule has 1 aromatic carbocycles. The summed E-state index contributed by atoms with van der Waals surface area (Å²) in [5.74, 6) is 1.91. The molecule has 0 atom stereocenters. The van der Waals surface area contributed by atoms with Gasteiger partial charge in [-0.1, -0.05) is 22.0 Å². The number of hydrogen-bond acceptors (Lipinski definition) is 4. The minimum absolute atomic E-state index is 0.538. The highest BCUT2D eigenvalue weighted by Gasteiger charge is 2.16. The zero-order valence-corrected chi connectivity index (χ0v) is 11.5. The summed E-state index contributed by atoms with van der Waals surface area (Å²) in [5.41, 5.74) is 0. The van der Waals surface area contributed by atoms with Crippen LogP contribution in [0.2, 0.25) is 0 Å². The van der Waals surface area contributed by atoms with Crippen molar-refractivity contribution in [3.8, 4) is 5.75 Å². The van der Waals surface area contributed by atoms with Crippen molar-refractivity contribution in [3.63, 3.8) is 0 Å². The number of benzene rings is 1. The van der Waals surface area contributed by atoms with Gasteiger partial charge in [-0.2, -0.15) is 0 Å². The quantitative estimate of drug-likeness (QED) is 0.943. The van der Waals surface area contributed by atoms with Gasteiger partial charge in [0, 0.05) is 17.4 Å². The molecule has 0 unspecified atom stereocenters. The maximum atomic E-state index is 5.70. The normalized spacial score (nSPS) is 13.2. The summed E-state index contributed by atoms with van der Waals surface area (Å²) in [6.45, 7) is 1.55. The van der Waals surface area contributed by atoms with E-state index < -0.39 is 0 Å². The van der Waals surface area contributed by atoms with Gasteiger partial charge < -0.3 is 10.1 Å². The van der Waals surface area contributed by atoms with Crippen LogP contribution in [0.25, 0.3) is 0 Å². The van der Waals surface area contributed by atoms with Crippen molar-refractivity contribution in [1.29, 1.82) is 0 Å². The number of ether oxygens (including phenoxy) is 1. The molecule has 88 valence electrons. The van der Waals surface area contributed by atoms with Crippen LogP contribution in [-0.4, -0.2) is 11.5 Å². The minimum atomic E-state index is 0.538. The van der Waals surface area contributed by atoms with Crippen molar-refractivity contribution >= 4 is 33.1 Å². The topological polar surface area (TPSA) is 34.1 Å². The van der Waals surface area contributed by atoms with Crippen molar-refractivity contribution in [1.82, 2.24) is 4.98 Å². The predicted octanol–water partition coefficient (Wildman–Crippen LogP) is 3.45. The first-order chi connectivity index (χ1) is 8.31. The Morgan fingerprint density at radius 1 is 1.47 bits per heavy atom.